The van der Waals surface area contributed by atoms with Crippen LogP contribution in [0.3, 0.4) is 0 Å². The summed E-state index contributed by atoms with van der Waals surface area (Å²) in [7, 11) is 13.9. The molecule has 4 N–H and O–H groups in total. The van der Waals surface area contributed by atoms with Crippen LogP contribution in [0.5, 0.6) is 11.5 Å². The second-order valence-electron chi connectivity index (χ2n) is 22.6. The van der Waals surface area contributed by atoms with Crippen LogP contribution in [0.25, 0.3) is 33.1 Å². The van der Waals surface area contributed by atoms with E-state index in [1.165, 1.54) is 59.3 Å². The van der Waals surface area contributed by atoms with Gasteiger partial charge in [-0.15, -0.1) is 0 Å². The van der Waals surface area contributed by atoms with Gasteiger partial charge >= 0.3 is 0 Å². The van der Waals surface area contributed by atoms with Crippen LogP contribution in [-0.2, 0) is 40.4 Å². The van der Waals surface area contributed by atoms with Crippen molar-refractivity contribution >= 4 is 90.5 Å². The van der Waals surface area contributed by atoms with Crippen molar-refractivity contribution in [3.63, 3.8) is 0 Å². The number of aryl methyl sites for hydroxylation is 5. The van der Waals surface area contributed by atoms with Gasteiger partial charge < -0.3 is 49.1 Å². The van der Waals surface area contributed by atoms with Gasteiger partial charge in [-0.1, -0.05) is 115 Å². The zero-order chi connectivity index (χ0) is 57.5. The summed E-state index contributed by atoms with van der Waals surface area (Å²) in [5.74, 6) is 5.53. The number of fused-ring (bicyclic) bond motifs is 9. The lowest BCUT2D eigenvalue weighted by atomic mass is 9.90. The molecule has 5 aliphatic rings. The third-order valence-electron chi connectivity index (χ3n) is 16.6. The van der Waals surface area contributed by atoms with Crippen molar-refractivity contribution in [1.29, 1.82) is 0 Å². The van der Waals surface area contributed by atoms with Crippen LogP contribution < -0.4 is 25.4 Å². The highest BCUT2D eigenvalue weighted by atomic mass is 32.1. The van der Waals surface area contributed by atoms with Gasteiger partial charge in [0, 0.05) is 75.0 Å². The monoisotopic (exact) mass is 1150 g/mol. The first-order valence-corrected chi connectivity index (χ1v) is 29.9. The van der Waals surface area contributed by atoms with E-state index in [2.05, 4.69) is 124 Å². The van der Waals surface area contributed by atoms with E-state index in [0.717, 1.165) is 133 Å². The van der Waals surface area contributed by atoms with Crippen LogP contribution >= 0.6 is 36.7 Å². The fraction of sp³-hybridized carbons (Fsp3) is 0.364. The molecule has 2 saturated carbocycles. The number of nitrogens with one attached hydrogen (secondary N) is 3. The molecule has 0 bridgehead atoms. The van der Waals surface area contributed by atoms with Gasteiger partial charge in [0.05, 0.1) is 28.3 Å². The third-order valence-corrected chi connectivity index (χ3v) is 17.7. The van der Waals surface area contributed by atoms with Crippen LogP contribution in [0.15, 0.2) is 109 Å². The fourth-order valence-electron chi connectivity index (χ4n) is 11.7. The standard InChI is InChI=1S/C23H25N3OS.C22H23N3OS.C19H19N3OS.C2H7N/c1-25(2)23(28)17-13-18-20(24-22(26(18)3)15-9-10-15)21-16(17)11-12-19(27-21)14-7-5-4-6-8-14;1-13-23-20-18(25(13)2)12-17(22(27)24-15-8-9-15)16-10-11-19(26-21(16)20)14-6-4-3-5-7-14;1-11-20-18-16(22(11)2)10-14(19(23)24)13-8-9-15(21-17(13)18)12-6-4-3-5-7-12;1-3-2/h4-8,13,15,19H,9-12H2,1-3H3;3-7,12,15,19H,8-11H2,1-2H3,(H,24,27);3-7,10,15,21H,8-9H2,1-2H3,(H,23,24);3H,1-2H3. The lowest BCUT2D eigenvalue weighted by Gasteiger charge is -2.29. The minimum Gasteiger partial charge on any atom is -0.499 e. The van der Waals surface area contributed by atoms with Gasteiger partial charge in [-0.25, -0.2) is 15.0 Å². The number of thiocarbonyl (C=S) groups is 3. The molecule has 6 heterocycles. The van der Waals surface area contributed by atoms with Crippen molar-refractivity contribution in [3.8, 4) is 11.5 Å². The summed E-state index contributed by atoms with van der Waals surface area (Å²) in [5, 5.41) is 19.8. The Morgan fingerprint density at radius 1 is 0.585 bits per heavy atom. The Labute approximate surface area is 497 Å². The van der Waals surface area contributed by atoms with Gasteiger partial charge in [0.25, 0.3) is 0 Å². The van der Waals surface area contributed by atoms with Crippen molar-refractivity contribution in [2.45, 2.75) is 108 Å². The summed E-state index contributed by atoms with van der Waals surface area (Å²) in [6.07, 6.45) is 10.6. The Bertz CT molecular complexity index is 3870. The van der Waals surface area contributed by atoms with Crippen LogP contribution in [0.4, 0.5) is 5.69 Å². The van der Waals surface area contributed by atoms with E-state index in [0.29, 0.717) is 12.0 Å². The Morgan fingerprint density at radius 3 is 1.57 bits per heavy atom. The lowest BCUT2D eigenvalue weighted by molar-refractivity contribution is 0.179. The van der Waals surface area contributed by atoms with Gasteiger partial charge in [-0.3, -0.25) is 0 Å². The zero-order valence-electron chi connectivity index (χ0n) is 48.5. The van der Waals surface area contributed by atoms with Crippen LogP contribution in [0, 0.1) is 13.8 Å². The van der Waals surface area contributed by atoms with Crippen molar-refractivity contribution < 1.29 is 14.6 Å². The number of hydrogen-bond donors (Lipinski definition) is 4. The molecule has 16 heteroatoms. The molecule has 0 radical (unpaired) electrons. The Balaban J connectivity index is 0.000000126. The van der Waals surface area contributed by atoms with Gasteiger partial charge in [-0.2, -0.15) is 0 Å². The van der Waals surface area contributed by atoms with Crippen molar-refractivity contribution in [2.75, 3.05) is 33.5 Å². The molecule has 2 aliphatic carbocycles. The molecule has 3 atom stereocenters. The van der Waals surface area contributed by atoms with Gasteiger partial charge in [0.1, 0.15) is 56.2 Å². The Morgan fingerprint density at radius 2 is 1.05 bits per heavy atom. The van der Waals surface area contributed by atoms with Crippen molar-refractivity contribution in [2.24, 2.45) is 21.1 Å². The first-order chi connectivity index (χ1) is 39.6. The zero-order valence-corrected chi connectivity index (χ0v) is 50.9. The van der Waals surface area contributed by atoms with Crippen molar-refractivity contribution in [3.05, 3.63) is 177 Å². The topological polar surface area (TPSA) is 131 Å². The smallest absolute Gasteiger partial charge is 0.189 e. The van der Waals surface area contributed by atoms with Gasteiger partial charge in [0.2, 0.25) is 0 Å². The van der Waals surface area contributed by atoms with Gasteiger partial charge in [-0.05, 0) is 145 Å². The normalized spacial score (nSPS) is 17.6. The number of hydrogen-bond acceptors (Lipinski definition) is 10. The maximum absolute atomic E-state index is 9.99. The quantitative estimate of drug-likeness (QED) is 0.108. The summed E-state index contributed by atoms with van der Waals surface area (Å²) >= 11 is 16.6. The average Bonchev–Trinajstić information content (AvgIpc) is 3.28. The number of nitrogens with zero attached hydrogens (tertiary/aromatic N) is 7. The predicted octanol–water partition coefficient (Wildman–Crippen LogP) is 13.2. The molecule has 3 aliphatic heterocycles. The molecule has 14 rings (SSSR count). The molecule has 6 aromatic carbocycles. The average molecular weight is 1150 g/mol. The fourth-order valence-corrected chi connectivity index (χ4v) is 12.4. The Hall–Kier alpha value is -7.24. The number of aliphatic hydroxyl groups excluding tert-OH is 1. The van der Waals surface area contributed by atoms with E-state index in [9.17, 15) is 5.11 Å². The largest absolute Gasteiger partial charge is 0.499 e. The number of benzene rings is 6. The number of rotatable bonds is 8. The first-order valence-electron chi connectivity index (χ1n) is 28.7. The molecular weight excluding hydrogens is 1080 g/mol. The number of aliphatic hydroxyl groups is 1. The summed E-state index contributed by atoms with van der Waals surface area (Å²) in [4.78, 5) is 18.3. The number of ether oxygens (including phenoxy) is 2. The summed E-state index contributed by atoms with van der Waals surface area (Å²) < 4.78 is 19.6. The number of aromatic nitrogens is 6. The van der Waals surface area contributed by atoms with Crippen LogP contribution in [0.1, 0.15) is 137 Å². The molecule has 13 nitrogen and oxygen atoms in total. The maximum atomic E-state index is 9.99. The minimum atomic E-state index is -0.0491. The molecule has 424 valence electrons. The van der Waals surface area contributed by atoms with E-state index >= 15 is 0 Å². The van der Waals surface area contributed by atoms with Crippen LogP contribution in [0.2, 0.25) is 0 Å². The van der Waals surface area contributed by atoms with Crippen molar-refractivity contribution in [1.82, 2.24) is 44.2 Å². The molecule has 0 spiro atoms. The molecule has 2 fully saturated rings. The third kappa shape index (κ3) is 11.3. The molecular formula is C66H74N10O3S3. The molecule has 0 amide bonds. The van der Waals surface area contributed by atoms with E-state index in [1.807, 2.05) is 82.8 Å². The number of anilines is 1. The number of imidazole rings is 3. The second-order valence-corrected chi connectivity index (χ2v) is 23.8. The summed E-state index contributed by atoms with van der Waals surface area (Å²) in [5.41, 5.74) is 17.2. The second kappa shape index (κ2) is 23.9. The molecule has 3 aromatic heterocycles. The van der Waals surface area contributed by atoms with E-state index in [4.69, 9.17) is 61.1 Å². The summed E-state index contributed by atoms with van der Waals surface area (Å²) in [6, 6.07) is 38.6. The lowest BCUT2D eigenvalue weighted by Crippen LogP contribution is -2.27. The molecule has 82 heavy (non-hydrogen) atoms. The predicted molar refractivity (Wildman–Crippen MR) is 344 cm³/mol. The molecule has 9 aromatic rings. The molecule has 3 unspecified atom stereocenters. The highest BCUT2D eigenvalue weighted by molar-refractivity contribution is 7.81. The van der Waals surface area contributed by atoms with E-state index in [1.54, 1.807) is 0 Å². The highest BCUT2D eigenvalue weighted by Crippen LogP contribution is 2.47. The van der Waals surface area contributed by atoms with Crippen LogP contribution in [-0.4, -0.2) is 87.9 Å². The summed E-state index contributed by atoms with van der Waals surface area (Å²) in [6.45, 7) is 4.02. The minimum absolute atomic E-state index is 0.0491. The van der Waals surface area contributed by atoms with Gasteiger partial charge in [0.15, 0.2) is 16.5 Å². The van der Waals surface area contributed by atoms with E-state index < -0.39 is 0 Å². The maximum Gasteiger partial charge on any atom is 0.189 e. The molecule has 0 saturated heterocycles. The highest BCUT2D eigenvalue weighted by Gasteiger charge is 2.35. The first kappa shape index (κ1) is 56.6. The SMILES string of the molecule is CN(C)C(=S)c1cc2c(nc(C3CC3)n2C)c2c1CCC(c1ccccc1)O2.CNC.Cc1nc2c3c(c(C(=S)NC4CC4)cc2n1C)CCC(c1ccccc1)O3.Cc1nc2c3c(c(C(O)=S)cc2n1C)CCC(c1ccccc1)N3. The van der Waals surface area contributed by atoms with E-state index in [-0.39, 0.29) is 23.3 Å². The Kier molecular flexibility index (Phi) is 16.5.